The van der Waals surface area contributed by atoms with Gasteiger partial charge in [-0.3, -0.25) is 9.18 Å². The van der Waals surface area contributed by atoms with Gasteiger partial charge in [-0.2, -0.15) is 0 Å². The molecule has 18 nitrogen and oxygen atoms in total. The van der Waals surface area contributed by atoms with Crippen LogP contribution < -0.4 is 0 Å². The van der Waals surface area contributed by atoms with E-state index in [4.69, 9.17) is 75.4 Å². The molecule has 0 saturated carbocycles. The van der Waals surface area contributed by atoms with E-state index in [1.165, 1.54) is 24.1 Å². The molecular weight excluding hydrogens is 1040 g/mol. The Balaban J connectivity index is 0.000000358. The molecule has 438 valence electrons. The van der Waals surface area contributed by atoms with Crippen LogP contribution in [0.3, 0.4) is 0 Å². The van der Waals surface area contributed by atoms with E-state index in [1.807, 2.05) is 104 Å². The molecule has 4 fully saturated rings. The average Bonchev–Trinajstić information content (AvgIpc) is 3.46. The molecule has 4 saturated heterocycles. The van der Waals surface area contributed by atoms with Crippen molar-refractivity contribution in [2.75, 3.05) is 40.2 Å². The predicted octanol–water partition coefficient (Wildman–Crippen LogP) is 4.78. The van der Waals surface area contributed by atoms with Crippen molar-refractivity contribution < 1.29 is 94.4 Å². The molecule has 0 radical (unpaired) electrons. The molecule has 4 aliphatic heterocycles. The zero-order valence-corrected chi connectivity index (χ0v) is 45.9. The Morgan fingerprint density at radius 1 is 0.551 bits per heavy atom. The maximum absolute atomic E-state index is 9.99. The van der Waals surface area contributed by atoms with E-state index in [-0.39, 0.29) is 61.5 Å². The number of rotatable bonds is 13. The summed E-state index contributed by atoms with van der Waals surface area (Å²) in [7, 11) is -1.00. The Hall–Kier alpha value is -4.17. The number of carbonyl (C=O) groups is 1. The summed E-state index contributed by atoms with van der Waals surface area (Å²) in [5.41, 5.74) is 4.57. The average molecular weight is 1120 g/mol. The highest BCUT2D eigenvalue weighted by molar-refractivity contribution is 6.62. The van der Waals surface area contributed by atoms with E-state index in [9.17, 15) is 14.3 Å². The maximum atomic E-state index is 9.99. The van der Waals surface area contributed by atoms with Crippen LogP contribution >= 0.6 is 11.6 Å². The summed E-state index contributed by atoms with van der Waals surface area (Å²) in [6.45, 7) is 15.5. The normalized spacial score (nSPS) is 30.2. The first-order valence-corrected chi connectivity index (χ1v) is 25.9. The first-order chi connectivity index (χ1) is 37.8. The fraction of sp³-hybridized carbons (Fsp3) is 0.534. The molecule has 0 bridgehead atoms. The van der Waals surface area contributed by atoms with Crippen molar-refractivity contribution in [2.45, 2.75) is 147 Å². The predicted molar refractivity (Wildman–Crippen MR) is 290 cm³/mol. The standard InChI is InChI=1S/C21H26O3.C20H24O4.C6H12O4.C5H10O5.C3H6O.C2H3ClO.CH3F/c1-16-17(2)22-15-20(23-13-18-9-5-3-6-10-18)21(16)24-14-19-11-7-4-8-12-19;1-15-19(23-13-17-10-6-3-7-11-17)18(14-24-20(15)21)22-12-16-8-4-2-5-9-16;1-3-5(8)6(9)4(7)2-10-3;6-2-1-10-5(9)4(8)3(2)7;1-2-3-4;1-2(3)4;1-2/h3-12,16-17,20-21H,13-15H2,1-2H3;2-11,15,18-21H,12-14H2,1H3;3-9H,2H2,1H3;2-9H,1H2;2,4H,1,3H2;1H3;1H3/t16?,17?,20-,21?;15?,18-,19?,20?;3?,4-,5?,6?;2-,3?,4?,5?;;;/m1111.../s1/i;;;;;;1D. The van der Waals surface area contributed by atoms with Crippen LogP contribution in [-0.4, -0.2) is 177 Å². The molecule has 0 amide bonds. The number of carbonyl (C=O) groups excluding carboxylic acids is 1. The number of hydrogen-bond acceptors (Lipinski definition) is 18. The third-order valence-electron chi connectivity index (χ3n) is 12.5. The van der Waals surface area contributed by atoms with Crippen molar-refractivity contribution in [1.29, 1.82) is 0 Å². The van der Waals surface area contributed by atoms with Crippen LogP contribution in [0, 0.1) is 11.8 Å². The van der Waals surface area contributed by atoms with Gasteiger partial charge in [0.1, 0.15) is 48.8 Å². The number of aliphatic hydroxyl groups is 9. The van der Waals surface area contributed by atoms with Crippen LogP contribution in [0.15, 0.2) is 134 Å². The van der Waals surface area contributed by atoms with Gasteiger partial charge in [-0.25, -0.2) is 0 Å². The molecule has 0 spiro atoms. The quantitative estimate of drug-likeness (QED) is 0.0644. The van der Waals surface area contributed by atoms with Gasteiger partial charge in [0.15, 0.2) is 12.6 Å². The summed E-state index contributed by atoms with van der Waals surface area (Å²) < 4.78 is 60.7. The van der Waals surface area contributed by atoms with Gasteiger partial charge in [-0.15, -0.1) is 6.58 Å². The fourth-order valence-corrected chi connectivity index (χ4v) is 7.68. The monoisotopic (exact) mass is 1120 g/mol. The van der Waals surface area contributed by atoms with Crippen LogP contribution in [0.25, 0.3) is 0 Å². The molecule has 4 aromatic carbocycles. The molecular formula is C58H84ClFO18. The Labute approximate surface area is 464 Å². The molecule has 20 heteroatoms. The molecule has 4 aromatic rings. The molecule has 16 atom stereocenters. The Morgan fingerprint density at radius 3 is 1.22 bits per heavy atom. The van der Waals surface area contributed by atoms with E-state index in [1.54, 1.807) is 6.92 Å². The summed E-state index contributed by atoms with van der Waals surface area (Å²) in [5.74, 6) is 0.145. The van der Waals surface area contributed by atoms with Gasteiger partial charge in [0.25, 0.3) is 0 Å². The van der Waals surface area contributed by atoms with Gasteiger partial charge in [0.05, 0.1) is 92.4 Å². The SMILES string of the molecule is C=CCO.CC(=O)Cl.CC1C(O)OC[C@@H](OCc2ccccc2)C1OCc1ccccc1.CC1OC[C@@H](O)C(O)C1O.CC1OC[C@@H](OCc2ccccc2)C(OCc2ccccc2)C1C.OC1OC[C@@H](O)C(O)C1O.[2H]CF. The molecule has 78 heavy (non-hydrogen) atoms. The van der Waals surface area contributed by atoms with Gasteiger partial charge in [-0.1, -0.05) is 141 Å². The fourth-order valence-electron chi connectivity index (χ4n) is 7.68. The van der Waals surface area contributed by atoms with Crippen molar-refractivity contribution in [3.05, 3.63) is 156 Å². The number of ether oxygens (including phenoxy) is 8. The van der Waals surface area contributed by atoms with Crippen molar-refractivity contribution >= 4 is 16.8 Å². The molecule has 12 unspecified atom stereocenters. The number of halogens is 2. The first kappa shape index (κ1) is 68.1. The second kappa shape index (κ2) is 40.1. The van der Waals surface area contributed by atoms with Crippen LogP contribution in [0.4, 0.5) is 4.39 Å². The second-order valence-electron chi connectivity index (χ2n) is 18.5. The molecule has 0 aliphatic carbocycles. The lowest BCUT2D eigenvalue weighted by Crippen LogP contribution is -2.52. The van der Waals surface area contributed by atoms with Crippen molar-refractivity contribution in [3.63, 3.8) is 0 Å². The Kier molecular flexibility index (Phi) is 35.0. The van der Waals surface area contributed by atoms with E-state index in [0.29, 0.717) is 45.6 Å². The molecule has 0 aromatic heterocycles. The summed E-state index contributed by atoms with van der Waals surface area (Å²) >= 11 is 4.64. The zero-order valence-electron chi connectivity index (χ0n) is 46.1. The lowest BCUT2D eigenvalue weighted by molar-refractivity contribution is -0.252. The van der Waals surface area contributed by atoms with E-state index in [0.717, 1.165) is 11.1 Å². The summed E-state index contributed by atoms with van der Waals surface area (Å²) in [6.07, 6.45) is -8.23. The number of aliphatic hydroxyl groups excluding tert-OH is 9. The smallest absolute Gasteiger partial charge is 0.218 e. The van der Waals surface area contributed by atoms with Crippen LogP contribution in [0.1, 0.15) is 58.2 Å². The minimum Gasteiger partial charge on any atom is -0.392 e. The zero-order chi connectivity index (χ0) is 58.7. The number of benzene rings is 4. The lowest BCUT2D eigenvalue weighted by atomic mass is 9.92. The van der Waals surface area contributed by atoms with Crippen molar-refractivity contribution in [3.8, 4) is 0 Å². The van der Waals surface area contributed by atoms with Crippen LogP contribution in [0.2, 0.25) is 0 Å². The summed E-state index contributed by atoms with van der Waals surface area (Å²) in [4.78, 5) is 9.21. The summed E-state index contributed by atoms with van der Waals surface area (Å²) in [5, 5.41) is 79.7. The molecule has 8 rings (SSSR count). The Morgan fingerprint density at radius 2 is 0.859 bits per heavy atom. The van der Waals surface area contributed by atoms with Crippen molar-refractivity contribution in [1.82, 2.24) is 0 Å². The van der Waals surface area contributed by atoms with E-state index in [2.05, 4.69) is 61.0 Å². The molecule has 4 heterocycles. The van der Waals surface area contributed by atoms with Gasteiger partial charge < -0.3 is 83.9 Å². The number of alkyl halides is 1. The van der Waals surface area contributed by atoms with Gasteiger partial charge in [0.2, 0.25) is 5.24 Å². The van der Waals surface area contributed by atoms with Crippen LogP contribution in [-0.2, 0) is 69.1 Å². The van der Waals surface area contributed by atoms with E-state index < -0.39 is 62.5 Å². The van der Waals surface area contributed by atoms with Crippen molar-refractivity contribution in [2.24, 2.45) is 11.8 Å². The lowest BCUT2D eigenvalue weighted by Gasteiger charge is -2.39. The topological polar surface area (TPSA) is 273 Å². The summed E-state index contributed by atoms with van der Waals surface area (Å²) in [6, 6.07) is 40.6. The van der Waals surface area contributed by atoms with Gasteiger partial charge in [-0.05, 0) is 47.7 Å². The van der Waals surface area contributed by atoms with Crippen LogP contribution in [0.5, 0.6) is 0 Å². The highest BCUT2D eigenvalue weighted by atomic mass is 35.5. The minimum absolute atomic E-state index is 0.0395. The second-order valence-corrected chi connectivity index (χ2v) is 19.0. The van der Waals surface area contributed by atoms with E-state index >= 15 is 0 Å². The highest BCUT2D eigenvalue weighted by Gasteiger charge is 2.40. The third-order valence-corrected chi connectivity index (χ3v) is 12.5. The van der Waals surface area contributed by atoms with Gasteiger partial charge >= 0.3 is 0 Å². The first-order valence-electron chi connectivity index (χ1n) is 26.3. The highest BCUT2D eigenvalue weighted by Crippen LogP contribution is 2.29. The van der Waals surface area contributed by atoms with Gasteiger partial charge in [0, 0.05) is 18.8 Å². The maximum Gasteiger partial charge on any atom is 0.218 e. The molecule has 4 aliphatic rings. The third kappa shape index (κ3) is 26.4. The minimum atomic E-state index is -1.41. The Bertz CT molecular complexity index is 1960. The number of hydrogen-bond donors (Lipinski definition) is 9. The largest absolute Gasteiger partial charge is 0.392 e. The molecule has 9 N–H and O–H groups in total.